The van der Waals surface area contributed by atoms with Crippen LogP contribution in [0.2, 0.25) is 38.3 Å². The molecule has 156 valence electrons. The molecule has 0 aromatic carbocycles. The molecule has 7 nitrogen and oxygen atoms in total. The summed E-state index contributed by atoms with van der Waals surface area (Å²) < 4.78 is 16.6. The van der Waals surface area contributed by atoms with Crippen molar-refractivity contribution in [2.45, 2.75) is 75.7 Å². The molecule has 27 heavy (non-hydrogen) atoms. The first-order valence-electron chi connectivity index (χ1n) is 10.1. The lowest BCUT2D eigenvalue weighted by Crippen LogP contribution is -2.59. The molecule has 4 atom stereocenters. The average Bonchev–Trinajstić information content (AvgIpc) is 3.47. The second-order valence-electron chi connectivity index (χ2n) is 8.85. The van der Waals surface area contributed by atoms with E-state index in [0.29, 0.717) is 35.3 Å². The SMILES string of the molecule is CCC1CC1(NC(O)OCC[SiH+]C)C1(NCC(=O)OCC[Si](C)(C)C)CO1. The van der Waals surface area contributed by atoms with Crippen LogP contribution >= 0.6 is 0 Å². The molecule has 2 fully saturated rings. The van der Waals surface area contributed by atoms with E-state index in [4.69, 9.17) is 14.2 Å². The third-order valence-corrected chi connectivity index (χ3v) is 7.97. The summed E-state index contributed by atoms with van der Waals surface area (Å²) in [4.78, 5) is 12.1. The Morgan fingerprint density at radius 3 is 2.63 bits per heavy atom. The Hall–Kier alpha value is -0.296. The summed E-state index contributed by atoms with van der Waals surface area (Å²) in [6, 6.07) is 1.96. The Balaban J connectivity index is 1.83. The molecule has 0 aromatic heterocycles. The molecule has 2 rings (SSSR count). The highest BCUT2D eigenvalue weighted by Crippen LogP contribution is 2.58. The van der Waals surface area contributed by atoms with Crippen molar-refractivity contribution in [1.29, 1.82) is 0 Å². The molecule has 1 aliphatic carbocycles. The Morgan fingerprint density at radius 1 is 1.41 bits per heavy atom. The van der Waals surface area contributed by atoms with E-state index >= 15 is 0 Å². The van der Waals surface area contributed by atoms with Gasteiger partial charge < -0.3 is 19.3 Å². The zero-order valence-corrected chi connectivity index (χ0v) is 19.6. The zero-order chi connectivity index (χ0) is 20.1. The van der Waals surface area contributed by atoms with Crippen molar-refractivity contribution in [3.05, 3.63) is 0 Å². The number of ether oxygens (including phenoxy) is 3. The van der Waals surface area contributed by atoms with Crippen LogP contribution in [0, 0.1) is 5.92 Å². The van der Waals surface area contributed by atoms with Gasteiger partial charge in [0.05, 0.1) is 44.5 Å². The predicted molar refractivity (Wildman–Crippen MR) is 110 cm³/mol. The topological polar surface area (TPSA) is 92.4 Å². The lowest BCUT2D eigenvalue weighted by molar-refractivity contribution is -0.143. The Morgan fingerprint density at radius 2 is 2.11 bits per heavy atom. The maximum atomic E-state index is 12.1. The lowest BCUT2D eigenvalue weighted by Gasteiger charge is -2.29. The molecule has 2 aliphatic rings. The van der Waals surface area contributed by atoms with E-state index in [1.54, 1.807) is 0 Å². The molecule has 0 spiro atoms. The van der Waals surface area contributed by atoms with Crippen LogP contribution in [0.1, 0.15) is 19.8 Å². The fourth-order valence-corrected chi connectivity index (χ4v) is 4.58. The van der Waals surface area contributed by atoms with E-state index in [9.17, 15) is 9.90 Å². The smallest absolute Gasteiger partial charge is 0.319 e. The van der Waals surface area contributed by atoms with Crippen LogP contribution in [0.4, 0.5) is 0 Å². The van der Waals surface area contributed by atoms with E-state index in [2.05, 4.69) is 43.7 Å². The molecular formula is C18H37N2O5Si2+. The van der Waals surface area contributed by atoms with Crippen molar-refractivity contribution in [3.8, 4) is 0 Å². The minimum atomic E-state index is -1.21. The van der Waals surface area contributed by atoms with Crippen LogP contribution in [-0.4, -0.2) is 72.7 Å². The second kappa shape index (κ2) is 9.47. The maximum absolute atomic E-state index is 12.1. The third kappa shape index (κ3) is 6.35. The fourth-order valence-electron chi connectivity index (χ4n) is 3.50. The summed E-state index contributed by atoms with van der Waals surface area (Å²) in [5.74, 6) is 0.125. The van der Waals surface area contributed by atoms with Crippen molar-refractivity contribution >= 4 is 23.6 Å². The minimum absolute atomic E-state index is 0.113. The first-order chi connectivity index (χ1) is 12.7. The van der Waals surface area contributed by atoms with Gasteiger partial charge in [-0.3, -0.25) is 15.4 Å². The number of carbonyl (C=O) groups excluding carboxylic acids is 1. The summed E-state index contributed by atoms with van der Waals surface area (Å²) in [7, 11) is -0.844. The molecule has 0 aromatic rings. The van der Waals surface area contributed by atoms with Crippen LogP contribution < -0.4 is 10.6 Å². The zero-order valence-electron chi connectivity index (χ0n) is 17.5. The summed E-state index contributed by atoms with van der Waals surface area (Å²) >= 11 is 0. The van der Waals surface area contributed by atoms with E-state index in [-0.39, 0.29) is 12.5 Å². The molecule has 0 radical (unpaired) electrons. The van der Waals surface area contributed by atoms with Crippen molar-refractivity contribution in [3.63, 3.8) is 0 Å². The number of aliphatic hydroxyl groups excluding tert-OH is 1. The fraction of sp³-hybridized carbons (Fsp3) is 0.944. The number of rotatable bonds is 14. The van der Waals surface area contributed by atoms with Gasteiger partial charge in [-0.25, -0.2) is 0 Å². The quantitative estimate of drug-likeness (QED) is 0.128. The second-order valence-corrected chi connectivity index (χ2v) is 15.9. The molecular weight excluding hydrogens is 380 g/mol. The number of esters is 1. The molecule has 9 heteroatoms. The molecule has 0 bridgehead atoms. The number of hydrogen-bond acceptors (Lipinski definition) is 7. The lowest BCUT2D eigenvalue weighted by atomic mass is 10.0. The molecule has 1 heterocycles. The highest BCUT2D eigenvalue weighted by atomic mass is 28.3. The predicted octanol–water partition coefficient (Wildman–Crippen LogP) is 1.14. The number of aliphatic hydroxyl groups is 1. The molecule has 1 saturated carbocycles. The molecule has 3 N–H and O–H groups in total. The van der Waals surface area contributed by atoms with Gasteiger partial charge in [-0.05, 0) is 18.4 Å². The summed E-state index contributed by atoms with van der Waals surface area (Å²) in [6.07, 6.45) is 0.853. The molecule has 4 unspecified atom stereocenters. The summed E-state index contributed by atoms with van der Waals surface area (Å²) in [5, 5.41) is 16.7. The van der Waals surface area contributed by atoms with Gasteiger partial charge in [-0.1, -0.05) is 33.0 Å². The first kappa shape index (κ1) is 23.0. The Kier molecular flexibility index (Phi) is 8.06. The highest BCUT2D eigenvalue weighted by Gasteiger charge is 2.73. The van der Waals surface area contributed by atoms with Gasteiger partial charge in [0.25, 0.3) is 9.52 Å². The van der Waals surface area contributed by atoms with Crippen LogP contribution in [0.25, 0.3) is 0 Å². The van der Waals surface area contributed by atoms with Gasteiger partial charge in [0.15, 0.2) is 5.72 Å². The van der Waals surface area contributed by atoms with E-state index in [1.807, 2.05) is 0 Å². The maximum Gasteiger partial charge on any atom is 0.319 e. The number of epoxide rings is 1. The monoisotopic (exact) mass is 417 g/mol. The van der Waals surface area contributed by atoms with E-state index < -0.39 is 25.8 Å². The molecule has 1 saturated heterocycles. The number of hydrogen-bond donors (Lipinski definition) is 3. The number of carbonyl (C=O) groups is 1. The van der Waals surface area contributed by atoms with Crippen molar-refractivity contribution in [2.75, 3.05) is 26.4 Å². The Bertz CT molecular complexity index is 499. The largest absolute Gasteiger partial charge is 0.465 e. The van der Waals surface area contributed by atoms with Crippen molar-refractivity contribution in [2.24, 2.45) is 5.92 Å². The molecule has 1 aliphatic heterocycles. The summed E-state index contributed by atoms with van der Waals surface area (Å²) in [5.41, 5.74) is -1.01. The van der Waals surface area contributed by atoms with Gasteiger partial charge in [-0.2, -0.15) is 0 Å². The van der Waals surface area contributed by atoms with Gasteiger partial charge in [0.2, 0.25) is 6.41 Å². The van der Waals surface area contributed by atoms with Crippen LogP contribution in [-0.2, 0) is 19.0 Å². The van der Waals surface area contributed by atoms with Gasteiger partial charge in [-0.15, -0.1) is 0 Å². The van der Waals surface area contributed by atoms with E-state index in [0.717, 1.165) is 24.9 Å². The molecule has 0 amide bonds. The standard InChI is InChI=1S/C18H37N2O5Si2/c1-6-14-11-17(14,20-16(22)24-7-9-26-2)18(13-25-18)19-12-15(21)23-8-10-27(3,4)5/h14,16,19-20,22,26H,6-13H2,1-5H3/q+1. The summed E-state index contributed by atoms with van der Waals surface area (Å²) in [6.45, 7) is 12.7. The van der Waals surface area contributed by atoms with Crippen molar-refractivity contribution in [1.82, 2.24) is 10.6 Å². The van der Waals surface area contributed by atoms with Gasteiger partial charge >= 0.3 is 5.97 Å². The highest BCUT2D eigenvalue weighted by molar-refractivity contribution is 6.76. The third-order valence-electron chi connectivity index (χ3n) is 5.45. The van der Waals surface area contributed by atoms with Crippen LogP contribution in [0.5, 0.6) is 0 Å². The van der Waals surface area contributed by atoms with Crippen LogP contribution in [0.3, 0.4) is 0 Å². The van der Waals surface area contributed by atoms with Gasteiger partial charge in [0, 0.05) is 8.07 Å². The average molecular weight is 418 g/mol. The van der Waals surface area contributed by atoms with Gasteiger partial charge in [0.1, 0.15) is 0 Å². The van der Waals surface area contributed by atoms with Crippen molar-refractivity contribution < 1.29 is 24.1 Å². The normalized spacial score (nSPS) is 30.7. The van der Waals surface area contributed by atoms with Crippen LogP contribution in [0.15, 0.2) is 0 Å². The van der Waals surface area contributed by atoms with E-state index in [1.165, 1.54) is 0 Å². The first-order valence-corrected chi connectivity index (χ1v) is 15.8. The number of nitrogens with one attached hydrogen (secondary N) is 2. The Labute approximate surface area is 166 Å². The minimum Gasteiger partial charge on any atom is -0.465 e.